The number of nitrogens with zero attached hydrogens (tertiary/aromatic N) is 2. The topological polar surface area (TPSA) is 107 Å². The first kappa shape index (κ1) is 19.1. The average molecular weight is 384 g/mol. The lowest BCUT2D eigenvalue weighted by molar-refractivity contribution is -0.0615. The van der Waals surface area contributed by atoms with Gasteiger partial charge in [0.25, 0.3) is 0 Å². The molecule has 0 aromatic carbocycles. The van der Waals surface area contributed by atoms with Crippen LogP contribution >= 0.6 is 18.7 Å². The third-order valence-electron chi connectivity index (χ3n) is 3.63. The number of ether oxygens (including phenoxy) is 1. The Morgan fingerprint density at radius 2 is 2.29 bits per heavy atom. The van der Waals surface area contributed by atoms with E-state index in [0.717, 1.165) is 10.8 Å². The van der Waals surface area contributed by atoms with E-state index in [1.807, 2.05) is 0 Å². The first-order valence-electron chi connectivity index (χ1n) is 6.86. The Hall–Kier alpha value is -1.28. The lowest BCUT2D eigenvalue weighted by atomic mass is 9.98. The van der Waals surface area contributed by atoms with Gasteiger partial charge in [-0.05, 0) is 25.5 Å². The molecule has 0 aliphatic carbocycles. The Kier molecular flexibility index (Phi) is 5.20. The summed E-state index contributed by atoms with van der Waals surface area (Å²) < 4.78 is 46.5. The number of nitrogens with two attached hydrogens (primary N) is 1. The summed E-state index contributed by atoms with van der Waals surface area (Å²) in [6.07, 6.45) is -3.69. The highest BCUT2D eigenvalue weighted by molar-refractivity contribution is 7.66. The zero-order chi connectivity index (χ0) is 18.3. The molecule has 0 amide bonds. The molecule has 24 heavy (non-hydrogen) atoms. The van der Waals surface area contributed by atoms with Crippen LogP contribution < -0.4 is 11.4 Å². The molecule has 0 saturated carbocycles. The van der Waals surface area contributed by atoms with E-state index in [0.29, 0.717) is 6.08 Å². The van der Waals surface area contributed by atoms with Crippen molar-refractivity contribution in [3.8, 4) is 0 Å². The van der Waals surface area contributed by atoms with Crippen molar-refractivity contribution >= 4 is 24.6 Å². The molecule has 0 unspecified atom stereocenters. The number of aliphatic hydroxyl groups excluding tert-OH is 1. The molecule has 2 heterocycles. The van der Waals surface area contributed by atoms with Crippen molar-refractivity contribution in [2.24, 2.45) is 0 Å². The number of anilines is 1. The van der Waals surface area contributed by atoms with E-state index >= 15 is 0 Å². The summed E-state index contributed by atoms with van der Waals surface area (Å²) in [6, 6.07) is 1.24. The van der Waals surface area contributed by atoms with Gasteiger partial charge in [-0.1, -0.05) is 0 Å². The fourth-order valence-electron chi connectivity index (χ4n) is 2.24. The zero-order valence-corrected chi connectivity index (χ0v) is 14.5. The fraction of sp³-hybridized carbons (Fsp3) is 0.538. The number of aromatic nitrogens is 2. The van der Waals surface area contributed by atoms with Crippen molar-refractivity contribution in [2.75, 3.05) is 24.9 Å². The molecule has 1 aromatic heterocycles. The molecule has 2 rings (SSSR count). The van der Waals surface area contributed by atoms with E-state index in [9.17, 15) is 23.2 Å². The SMILES string of the molecule is CP(C)(=O)/C(F)=C/[C@@]1(CCl)O[C@@H](n2ccc(N)nc2=O)[C@H](F)[C@@H]1O. The van der Waals surface area contributed by atoms with Gasteiger partial charge in [-0.3, -0.25) is 4.57 Å². The highest BCUT2D eigenvalue weighted by Crippen LogP contribution is 2.50. The number of alkyl halides is 2. The standard InChI is InChI=1S/C13H17ClF2N3O4P/c1-24(2,22)7(15)5-13(6-14)10(20)9(16)11(23-13)19-4-3-8(17)18-12(19)21/h3-5,9-11,20H,6H2,1-2H3,(H2,17,18,21)/b7-5+/t9-,10+,11-,13+/m1/s1. The van der Waals surface area contributed by atoms with Crippen molar-refractivity contribution in [1.29, 1.82) is 0 Å². The van der Waals surface area contributed by atoms with E-state index < -0.39 is 48.4 Å². The molecule has 0 radical (unpaired) electrons. The van der Waals surface area contributed by atoms with Crippen molar-refractivity contribution in [3.63, 3.8) is 0 Å². The number of aliphatic hydroxyl groups is 1. The minimum atomic E-state index is -3.29. The minimum absolute atomic E-state index is 0.0716. The van der Waals surface area contributed by atoms with Crippen LogP contribution in [0.4, 0.5) is 14.6 Å². The van der Waals surface area contributed by atoms with Gasteiger partial charge in [0.1, 0.15) is 24.7 Å². The first-order chi connectivity index (χ1) is 11.0. The average Bonchev–Trinajstić information content (AvgIpc) is 2.72. The Morgan fingerprint density at radius 1 is 1.67 bits per heavy atom. The molecular formula is C13H17ClF2N3O4P. The Bertz CT molecular complexity index is 768. The highest BCUT2D eigenvalue weighted by Gasteiger charge is 2.55. The van der Waals surface area contributed by atoms with Gasteiger partial charge in [0.15, 0.2) is 18.0 Å². The van der Waals surface area contributed by atoms with Gasteiger partial charge < -0.3 is 20.1 Å². The summed E-state index contributed by atoms with van der Waals surface area (Å²) in [6.45, 7) is 2.34. The number of hydrogen-bond donors (Lipinski definition) is 2. The zero-order valence-electron chi connectivity index (χ0n) is 12.9. The van der Waals surface area contributed by atoms with Gasteiger partial charge in [-0.2, -0.15) is 4.98 Å². The number of nitrogen functional groups attached to an aromatic ring is 1. The van der Waals surface area contributed by atoms with Crippen molar-refractivity contribution in [3.05, 3.63) is 34.4 Å². The van der Waals surface area contributed by atoms with Gasteiger partial charge in [-0.25, -0.2) is 13.6 Å². The molecule has 134 valence electrons. The van der Waals surface area contributed by atoms with Crippen LogP contribution in [0.25, 0.3) is 0 Å². The molecule has 11 heteroatoms. The normalized spacial score (nSPS) is 31.4. The molecular weight excluding hydrogens is 367 g/mol. The molecule has 3 N–H and O–H groups in total. The number of hydrogen-bond acceptors (Lipinski definition) is 6. The van der Waals surface area contributed by atoms with Crippen LogP contribution in [0, 0.1) is 0 Å². The second-order valence-corrected chi connectivity index (χ2v) is 9.24. The van der Waals surface area contributed by atoms with Gasteiger partial charge in [0.2, 0.25) is 0 Å². The second-order valence-electron chi connectivity index (χ2n) is 5.85. The summed E-state index contributed by atoms with van der Waals surface area (Å²) in [5.74, 6) is -0.590. The molecule has 1 aliphatic heterocycles. The predicted octanol–water partition coefficient (Wildman–Crippen LogP) is 1.46. The summed E-state index contributed by atoms with van der Waals surface area (Å²) in [4.78, 5) is 15.3. The maximum Gasteiger partial charge on any atom is 0.351 e. The fourth-order valence-corrected chi connectivity index (χ4v) is 3.07. The lowest BCUT2D eigenvalue weighted by Crippen LogP contribution is -2.42. The van der Waals surface area contributed by atoms with Gasteiger partial charge in [0, 0.05) is 6.20 Å². The van der Waals surface area contributed by atoms with Crippen LogP contribution in [0.5, 0.6) is 0 Å². The van der Waals surface area contributed by atoms with Gasteiger partial charge in [-0.15, -0.1) is 11.6 Å². The van der Waals surface area contributed by atoms with Crippen molar-refractivity contribution in [2.45, 2.75) is 24.1 Å². The van der Waals surface area contributed by atoms with Crippen molar-refractivity contribution < 1.29 is 23.2 Å². The maximum absolute atomic E-state index is 14.5. The molecule has 1 saturated heterocycles. The molecule has 1 fully saturated rings. The van der Waals surface area contributed by atoms with Crippen LogP contribution in [0.15, 0.2) is 28.7 Å². The van der Waals surface area contributed by atoms with Crippen molar-refractivity contribution in [1.82, 2.24) is 9.55 Å². The summed E-state index contributed by atoms with van der Waals surface area (Å²) in [5, 5.41) is 10.2. The van der Waals surface area contributed by atoms with E-state index in [-0.39, 0.29) is 5.82 Å². The quantitative estimate of drug-likeness (QED) is 0.602. The van der Waals surface area contributed by atoms with E-state index in [2.05, 4.69) is 4.98 Å². The Morgan fingerprint density at radius 3 is 2.79 bits per heavy atom. The Labute approximate surface area is 141 Å². The third kappa shape index (κ3) is 3.39. The van der Waals surface area contributed by atoms with Gasteiger partial charge >= 0.3 is 5.69 Å². The molecule has 4 atom stereocenters. The summed E-state index contributed by atoms with van der Waals surface area (Å²) >= 11 is 5.76. The van der Waals surface area contributed by atoms with Crippen LogP contribution in [0.2, 0.25) is 0 Å². The molecule has 1 aliphatic rings. The summed E-state index contributed by atoms with van der Waals surface area (Å²) in [7, 11) is -3.29. The Balaban J connectivity index is 2.48. The van der Waals surface area contributed by atoms with Crippen LogP contribution in [-0.4, -0.2) is 51.7 Å². The minimum Gasteiger partial charge on any atom is -0.386 e. The van der Waals surface area contributed by atoms with Crippen LogP contribution in [-0.2, 0) is 9.30 Å². The number of halogens is 3. The largest absolute Gasteiger partial charge is 0.386 e. The van der Waals surface area contributed by atoms with E-state index in [1.165, 1.54) is 19.4 Å². The maximum atomic E-state index is 14.5. The smallest absolute Gasteiger partial charge is 0.351 e. The van der Waals surface area contributed by atoms with E-state index in [4.69, 9.17) is 22.1 Å². The predicted molar refractivity (Wildman–Crippen MR) is 86.0 cm³/mol. The molecule has 7 nitrogen and oxygen atoms in total. The number of rotatable bonds is 4. The van der Waals surface area contributed by atoms with Crippen LogP contribution in [0.3, 0.4) is 0 Å². The van der Waals surface area contributed by atoms with Gasteiger partial charge in [0.05, 0.1) is 5.88 Å². The molecule has 0 spiro atoms. The lowest BCUT2D eigenvalue weighted by Gasteiger charge is -2.26. The molecule has 1 aromatic rings. The second kappa shape index (κ2) is 6.55. The molecule has 0 bridgehead atoms. The monoisotopic (exact) mass is 383 g/mol. The third-order valence-corrected chi connectivity index (χ3v) is 5.20. The van der Waals surface area contributed by atoms with Crippen LogP contribution in [0.1, 0.15) is 6.23 Å². The highest BCUT2D eigenvalue weighted by atomic mass is 35.5. The van der Waals surface area contributed by atoms with E-state index in [1.54, 1.807) is 0 Å². The summed E-state index contributed by atoms with van der Waals surface area (Å²) in [5.41, 5.74) is 1.43. The first-order valence-corrected chi connectivity index (χ1v) is 10.00.